The molecule has 0 saturated heterocycles. The van der Waals surface area contributed by atoms with Crippen molar-refractivity contribution in [2.45, 2.75) is 0 Å². The number of benzene rings is 2. The molecule has 0 amide bonds. The van der Waals surface area contributed by atoms with Gasteiger partial charge in [-0.25, -0.2) is 0 Å². The molecule has 0 aromatic heterocycles. The molecule has 1 radical (unpaired) electrons. The Balaban J connectivity index is 0.000000419. The SMILES string of the molecule is OCCOc1cc(O)ccc1Br.OCCOc1cccc(O)c1.[B]=NS. The van der Waals surface area contributed by atoms with Crippen molar-refractivity contribution < 1.29 is 29.9 Å². The third kappa shape index (κ3) is 11.7. The van der Waals surface area contributed by atoms with Crippen LogP contribution in [0.15, 0.2) is 51.2 Å². The average Bonchev–Trinajstić information content (AvgIpc) is 2.62. The monoisotopic (exact) mass is 444 g/mol. The van der Waals surface area contributed by atoms with Crippen LogP contribution in [0, 0.1) is 0 Å². The fourth-order valence-corrected chi connectivity index (χ4v) is 1.86. The van der Waals surface area contributed by atoms with Crippen molar-refractivity contribution >= 4 is 36.4 Å². The molecule has 2 aromatic carbocycles. The molecule has 2 aromatic rings. The Morgan fingerprint density at radius 2 is 1.54 bits per heavy atom. The summed E-state index contributed by atoms with van der Waals surface area (Å²) in [6.45, 7) is 0.420. The molecule has 0 aliphatic heterocycles. The number of phenols is 2. The Morgan fingerprint density at radius 3 is 2.12 bits per heavy atom. The Labute approximate surface area is 167 Å². The van der Waals surface area contributed by atoms with E-state index in [0.717, 1.165) is 4.47 Å². The summed E-state index contributed by atoms with van der Waals surface area (Å²) in [6.07, 6.45) is 0. The van der Waals surface area contributed by atoms with Crippen molar-refractivity contribution in [3.05, 3.63) is 46.9 Å². The number of hydrogen-bond acceptors (Lipinski definition) is 8. The zero-order valence-electron chi connectivity index (χ0n) is 13.8. The number of aliphatic hydroxyl groups is 2. The van der Waals surface area contributed by atoms with Crippen LogP contribution in [-0.4, -0.2) is 54.5 Å². The van der Waals surface area contributed by atoms with Gasteiger partial charge < -0.3 is 29.9 Å². The minimum atomic E-state index is -0.0396. The summed E-state index contributed by atoms with van der Waals surface area (Å²) >= 11 is 6.43. The average molecular weight is 445 g/mol. The maximum absolute atomic E-state index is 9.07. The van der Waals surface area contributed by atoms with Crippen molar-refractivity contribution in [2.75, 3.05) is 26.4 Å². The first kappa shape index (κ1) is 24.3. The number of rotatable bonds is 6. The first-order chi connectivity index (χ1) is 12.5. The van der Waals surface area contributed by atoms with E-state index in [1.807, 2.05) is 0 Å². The summed E-state index contributed by atoms with van der Waals surface area (Å²) in [5.41, 5.74) is 0. The summed E-state index contributed by atoms with van der Waals surface area (Å²) in [6, 6.07) is 11.2. The zero-order valence-corrected chi connectivity index (χ0v) is 16.3. The van der Waals surface area contributed by atoms with Gasteiger partial charge in [-0.05, 0) is 40.2 Å². The minimum absolute atomic E-state index is 0.0182. The topological polar surface area (TPSA) is 112 Å². The fraction of sp³-hybridized carbons (Fsp3) is 0.250. The van der Waals surface area contributed by atoms with Crippen molar-refractivity contribution in [1.29, 1.82) is 0 Å². The first-order valence-corrected chi connectivity index (χ1v) is 8.46. The summed E-state index contributed by atoms with van der Waals surface area (Å²) < 4.78 is 13.6. The second-order valence-corrected chi connectivity index (χ2v) is 5.46. The van der Waals surface area contributed by atoms with Gasteiger partial charge in [-0.3, -0.25) is 0 Å². The van der Waals surface area contributed by atoms with Crippen LogP contribution in [0.2, 0.25) is 0 Å². The van der Waals surface area contributed by atoms with Gasteiger partial charge in [-0.2, -0.15) is 0 Å². The second-order valence-electron chi connectivity index (χ2n) is 4.37. The molecule has 0 heterocycles. The standard InChI is InChI=1S/C8H9BrO3.C8H10O3.BHNS/c9-7-2-1-6(11)5-8(7)12-4-3-10;9-4-5-11-8-3-1-2-7(10)6-8;1-2-3/h1-2,5,10-11H,3-4H2;1-3,6,9-10H,4-5H2;3H. The van der Waals surface area contributed by atoms with Gasteiger partial charge in [-0.1, -0.05) is 6.07 Å². The van der Waals surface area contributed by atoms with Gasteiger partial charge >= 0.3 is 24.8 Å². The number of halogens is 1. The van der Waals surface area contributed by atoms with E-state index in [-0.39, 0.29) is 37.9 Å². The van der Waals surface area contributed by atoms with Crippen LogP contribution in [0.3, 0.4) is 0 Å². The Kier molecular flexibility index (Phi) is 14.5. The van der Waals surface area contributed by atoms with E-state index in [2.05, 4.69) is 40.7 Å². The van der Waals surface area contributed by atoms with Crippen molar-refractivity contribution in [1.82, 2.24) is 0 Å². The summed E-state index contributed by atoms with van der Waals surface area (Å²) in [4.78, 5) is 0. The molecule has 26 heavy (non-hydrogen) atoms. The van der Waals surface area contributed by atoms with Crippen molar-refractivity contribution in [2.24, 2.45) is 4.30 Å². The summed E-state index contributed by atoms with van der Waals surface area (Å²) in [7, 11) is 4.34. The third-order valence-corrected chi connectivity index (χ3v) is 3.10. The van der Waals surface area contributed by atoms with Gasteiger partial charge in [0.2, 0.25) is 0 Å². The Morgan fingerprint density at radius 1 is 0.962 bits per heavy atom. The fourth-order valence-electron chi connectivity index (χ4n) is 1.50. The Hall–Kier alpha value is -1.75. The van der Waals surface area contributed by atoms with Crippen LogP contribution < -0.4 is 9.47 Å². The molecular formula is C16H20BBrNO6S. The van der Waals surface area contributed by atoms with E-state index in [0.29, 0.717) is 11.5 Å². The molecule has 0 bridgehead atoms. The molecule has 0 aliphatic rings. The zero-order chi connectivity index (χ0) is 19.8. The maximum atomic E-state index is 9.07. The summed E-state index contributed by atoms with van der Waals surface area (Å²) in [5, 5.41) is 34.9. The number of aromatic hydroxyl groups is 2. The predicted molar refractivity (Wildman–Crippen MR) is 106 cm³/mol. The molecule has 0 aliphatic carbocycles. The van der Waals surface area contributed by atoms with Crippen LogP contribution >= 0.6 is 28.7 Å². The van der Waals surface area contributed by atoms with E-state index < -0.39 is 0 Å². The predicted octanol–water partition coefficient (Wildman–Crippen LogP) is 2.47. The van der Waals surface area contributed by atoms with Gasteiger partial charge in [0.05, 0.1) is 17.7 Å². The molecule has 0 saturated carbocycles. The summed E-state index contributed by atoms with van der Waals surface area (Å²) in [5.74, 6) is 1.41. The third-order valence-electron chi connectivity index (χ3n) is 2.44. The molecule has 2 rings (SSSR count). The van der Waals surface area contributed by atoms with E-state index in [1.54, 1.807) is 30.3 Å². The quantitative estimate of drug-likeness (QED) is 0.345. The van der Waals surface area contributed by atoms with Crippen LogP contribution in [-0.2, 0) is 0 Å². The number of nitrogens with zero attached hydrogens (tertiary/aromatic N) is 1. The Bertz CT molecular complexity index is 650. The number of thiol groups is 1. The molecule has 10 heteroatoms. The van der Waals surface area contributed by atoms with E-state index in [9.17, 15) is 0 Å². The van der Waals surface area contributed by atoms with E-state index >= 15 is 0 Å². The molecule has 0 atom stereocenters. The number of aliphatic hydroxyl groups excluding tert-OH is 2. The number of hydrogen-bond donors (Lipinski definition) is 5. The normalized spacial score (nSPS) is 9.04. The van der Waals surface area contributed by atoms with Crippen LogP contribution in [0.25, 0.3) is 0 Å². The number of phenolic OH excluding ortho intramolecular Hbond substituents is 2. The van der Waals surface area contributed by atoms with E-state index in [1.165, 1.54) is 12.1 Å². The molecule has 4 N–H and O–H groups in total. The van der Waals surface area contributed by atoms with Gasteiger partial charge in [-0.15, -0.1) is 0 Å². The molecule has 0 spiro atoms. The van der Waals surface area contributed by atoms with Crippen molar-refractivity contribution in [3.8, 4) is 23.0 Å². The van der Waals surface area contributed by atoms with Gasteiger partial charge in [0, 0.05) is 12.1 Å². The van der Waals surface area contributed by atoms with Gasteiger partial charge in [0.15, 0.2) is 0 Å². The van der Waals surface area contributed by atoms with E-state index in [4.69, 9.17) is 29.9 Å². The van der Waals surface area contributed by atoms with Gasteiger partial charge in [0.25, 0.3) is 0 Å². The number of ether oxygens (including phenoxy) is 2. The van der Waals surface area contributed by atoms with Gasteiger partial charge in [0.1, 0.15) is 36.2 Å². The van der Waals surface area contributed by atoms with Crippen LogP contribution in [0.4, 0.5) is 0 Å². The second kappa shape index (κ2) is 15.5. The van der Waals surface area contributed by atoms with Crippen molar-refractivity contribution in [3.63, 3.8) is 0 Å². The van der Waals surface area contributed by atoms with Crippen LogP contribution in [0.1, 0.15) is 0 Å². The molecular weight excluding hydrogens is 425 g/mol. The molecule has 7 nitrogen and oxygen atoms in total. The molecule has 0 unspecified atom stereocenters. The molecule has 141 valence electrons. The molecule has 0 fully saturated rings. The van der Waals surface area contributed by atoms with Crippen LogP contribution in [0.5, 0.6) is 23.0 Å². The first-order valence-electron chi connectivity index (χ1n) is 7.27.